The number of ether oxygens (including phenoxy) is 8. The summed E-state index contributed by atoms with van der Waals surface area (Å²) in [7, 11) is 0. The molecule has 4 heterocycles. The molecule has 0 aromatic heterocycles. The van der Waals surface area contributed by atoms with Gasteiger partial charge in [-0.25, -0.2) is 0 Å². The molecule has 4 aliphatic heterocycles. The molecule has 4 saturated carbocycles. The number of aliphatic hydroxyl groups is 15. The summed E-state index contributed by atoms with van der Waals surface area (Å²) in [6, 6.07) is 0. The van der Waals surface area contributed by atoms with Gasteiger partial charge in [-0.05, 0) is 104 Å². The van der Waals surface area contributed by atoms with E-state index in [9.17, 15) is 76.6 Å². The van der Waals surface area contributed by atoms with E-state index in [1.54, 1.807) is 0 Å². The maximum atomic E-state index is 15.6. The smallest absolute Gasteiger partial charge is 0.315 e. The van der Waals surface area contributed by atoms with Crippen LogP contribution in [-0.4, -0.2) is 244 Å². The molecule has 24 nitrogen and oxygen atoms in total. The molecule has 0 aromatic carbocycles. The summed E-state index contributed by atoms with van der Waals surface area (Å²) in [4.78, 5) is 15.6. The lowest BCUT2D eigenvalue weighted by Gasteiger charge is -2.72. The molecular weight excluding hydrogens is 1030 g/mol. The lowest BCUT2D eigenvalue weighted by molar-refractivity contribution is -0.366. The van der Waals surface area contributed by atoms with Gasteiger partial charge in [0.2, 0.25) is 6.29 Å². The summed E-state index contributed by atoms with van der Waals surface area (Å²) in [5, 5.41) is 162. The fourth-order valence-corrected chi connectivity index (χ4v) is 16.5. The Morgan fingerprint density at radius 2 is 1.14 bits per heavy atom. The number of rotatable bonds is 12. The third-order valence-corrected chi connectivity index (χ3v) is 21.5. The number of hydrogen-bond acceptors (Lipinski definition) is 24. The van der Waals surface area contributed by atoms with E-state index in [2.05, 4.69) is 40.7 Å². The van der Waals surface area contributed by atoms with Crippen molar-refractivity contribution in [1.29, 1.82) is 0 Å². The van der Waals surface area contributed by atoms with Gasteiger partial charge in [-0.3, -0.25) is 4.79 Å². The molecule has 4 saturated heterocycles. The van der Waals surface area contributed by atoms with Gasteiger partial charge in [0, 0.05) is 5.41 Å². The van der Waals surface area contributed by atoms with Crippen molar-refractivity contribution in [1.82, 2.24) is 0 Å². The van der Waals surface area contributed by atoms with Crippen LogP contribution >= 0.6 is 0 Å². The van der Waals surface area contributed by atoms with E-state index in [0.29, 0.717) is 51.4 Å². The van der Waals surface area contributed by atoms with Crippen molar-refractivity contribution < 1.29 is 119 Å². The molecule has 15 N–H and O–H groups in total. The molecular formula is C54H88O24. The fourth-order valence-electron chi connectivity index (χ4n) is 16.5. The van der Waals surface area contributed by atoms with Crippen LogP contribution in [0.4, 0.5) is 0 Å². The second kappa shape index (κ2) is 22.1. The van der Waals surface area contributed by atoms with Crippen molar-refractivity contribution in [2.24, 2.45) is 50.2 Å². The van der Waals surface area contributed by atoms with Crippen molar-refractivity contribution in [3.05, 3.63) is 11.6 Å². The molecule has 0 aromatic rings. The van der Waals surface area contributed by atoms with Crippen LogP contribution in [0.3, 0.4) is 0 Å². The highest BCUT2D eigenvalue weighted by atomic mass is 16.8. The minimum absolute atomic E-state index is 0.0504. The SMILES string of the molecule is CC1OC(OC2C(OC(=O)C34CCC(C)(C)CC3C3=CCC5C6(C)CC(O)C(OC7OC(CO)C(O)C(O)C7O)C(C)(CO)C6CCC5(C)C3(C)CC4)OC(COC3OC(CO)C(O)C(O)C3O)C(O)C2O)C(O)C(O)C1O. The number of hydrogen-bond donors (Lipinski definition) is 15. The van der Waals surface area contributed by atoms with Crippen LogP contribution in [0.1, 0.15) is 106 Å². The van der Waals surface area contributed by atoms with Crippen LogP contribution in [0.2, 0.25) is 0 Å². The highest BCUT2D eigenvalue weighted by molar-refractivity contribution is 5.79. The van der Waals surface area contributed by atoms with Crippen molar-refractivity contribution in [3.63, 3.8) is 0 Å². The van der Waals surface area contributed by atoms with Crippen molar-refractivity contribution >= 4 is 5.97 Å². The Kier molecular flexibility index (Phi) is 17.2. The first-order chi connectivity index (χ1) is 36.5. The molecule has 9 rings (SSSR count). The van der Waals surface area contributed by atoms with Crippen LogP contribution in [0.15, 0.2) is 11.6 Å². The van der Waals surface area contributed by atoms with Crippen LogP contribution in [0.5, 0.6) is 0 Å². The zero-order chi connectivity index (χ0) is 57.1. The van der Waals surface area contributed by atoms with E-state index < -0.39 is 195 Å². The summed E-state index contributed by atoms with van der Waals surface area (Å²) >= 11 is 0. The Morgan fingerprint density at radius 3 is 1.76 bits per heavy atom. The monoisotopic (exact) mass is 1120 g/mol. The highest BCUT2D eigenvalue weighted by Gasteiger charge is 2.72. The zero-order valence-electron chi connectivity index (χ0n) is 45.6. The van der Waals surface area contributed by atoms with Gasteiger partial charge in [-0.1, -0.05) is 53.2 Å². The molecule has 0 bridgehead atoms. The van der Waals surface area contributed by atoms with Gasteiger partial charge < -0.3 is 114 Å². The van der Waals surface area contributed by atoms with E-state index in [1.165, 1.54) is 6.92 Å². The standard InChI is InChI=1S/C54H88O24/c1-22-31(59)35(63)40(68)45(72-22)76-42-38(66)34(62)28(20-71-44-39(67)36(64)32(60)26(18-55)73-44)75-47(42)78-48(70)54-14-12-49(2,3)16-24(54)23-8-9-30-50(4)17-25(58)43(77-46-41(69)37(65)33(61)27(19-56)74-46)51(5,21-57)29(50)10-11-53(30,7)52(23,6)13-15-54/h8,22,24-47,55-69H,9-21H2,1-7H3. The molecule has 8 fully saturated rings. The fraction of sp³-hybridized carbons (Fsp3) is 0.944. The third-order valence-electron chi connectivity index (χ3n) is 21.5. The van der Waals surface area contributed by atoms with Gasteiger partial charge in [-0.15, -0.1) is 0 Å². The zero-order valence-corrected chi connectivity index (χ0v) is 45.6. The lowest BCUT2D eigenvalue weighted by atomic mass is 9.33. The van der Waals surface area contributed by atoms with Crippen LogP contribution < -0.4 is 0 Å². The Labute approximate surface area is 453 Å². The number of allylic oxidation sites excluding steroid dienone is 2. The van der Waals surface area contributed by atoms with E-state index >= 15 is 4.79 Å². The van der Waals surface area contributed by atoms with Gasteiger partial charge in [0.05, 0.1) is 50.2 Å². The number of aliphatic hydroxyl groups excluding tert-OH is 15. The quantitative estimate of drug-likeness (QED) is 0.0524. The molecule has 30 unspecified atom stereocenters. The second-order valence-corrected chi connectivity index (χ2v) is 26.3. The first kappa shape index (κ1) is 60.9. The van der Waals surface area contributed by atoms with Gasteiger partial charge >= 0.3 is 5.97 Å². The molecule has 0 radical (unpaired) electrons. The Balaban J connectivity index is 1.00. The molecule has 448 valence electrons. The van der Waals surface area contributed by atoms with Gasteiger partial charge in [0.1, 0.15) is 85.5 Å². The second-order valence-electron chi connectivity index (χ2n) is 26.3. The molecule has 9 aliphatic rings. The summed E-state index contributed by atoms with van der Waals surface area (Å²) in [5.74, 6) is -1.33. The Bertz CT molecular complexity index is 2150. The Hall–Kier alpha value is -1.67. The van der Waals surface area contributed by atoms with E-state index in [-0.39, 0.29) is 29.6 Å². The van der Waals surface area contributed by atoms with Crippen LogP contribution in [0.25, 0.3) is 0 Å². The van der Waals surface area contributed by atoms with Crippen molar-refractivity contribution in [3.8, 4) is 0 Å². The maximum Gasteiger partial charge on any atom is 0.315 e. The van der Waals surface area contributed by atoms with E-state index in [0.717, 1.165) is 5.57 Å². The normalized spacial score (nSPS) is 55.1. The molecule has 24 heteroatoms. The number of carbonyl (C=O) groups excluding carboxylic acids is 1. The van der Waals surface area contributed by atoms with E-state index in [1.807, 2.05) is 6.92 Å². The first-order valence-electron chi connectivity index (χ1n) is 27.9. The Morgan fingerprint density at radius 1 is 0.590 bits per heavy atom. The highest BCUT2D eigenvalue weighted by Crippen LogP contribution is 2.76. The molecule has 30 atom stereocenters. The van der Waals surface area contributed by atoms with Crippen LogP contribution in [-0.2, 0) is 42.7 Å². The predicted molar refractivity (Wildman–Crippen MR) is 264 cm³/mol. The van der Waals surface area contributed by atoms with Gasteiger partial charge in [0.25, 0.3) is 0 Å². The summed E-state index contributed by atoms with van der Waals surface area (Å²) in [6.45, 7) is 11.8. The summed E-state index contributed by atoms with van der Waals surface area (Å²) < 4.78 is 47.7. The third kappa shape index (κ3) is 9.76. The first-order valence-corrected chi connectivity index (χ1v) is 27.9. The minimum Gasteiger partial charge on any atom is -0.432 e. The molecule has 0 spiro atoms. The average Bonchev–Trinajstić information content (AvgIpc) is 2.94. The van der Waals surface area contributed by atoms with Gasteiger partial charge in [0.15, 0.2) is 25.0 Å². The largest absolute Gasteiger partial charge is 0.432 e. The topological polar surface area (TPSA) is 394 Å². The average molecular weight is 1120 g/mol. The van der Waals surface area contributed by atoms with Crippen molar-refractivity contribution in [2.45, 2.75) is 241 Å². The number of carbonyl (C=O) groups is 1. The minimum atomic E-state index is -1.96. The van der Waals surface area contributed by atoms with Crippen LogP contribution in [0, 0.1) is 50.2 Å². The predicted octanol–water partition coefficient (Wildman–Crippen LogP) is -3.06. The molecule has 5 aliphatic carbocycles. The number of fused-ring (bicyclic) bond motifs is 7. The summed E-state index contributed by atoms with van der Waals surface area (Å²) in [5.41, 5.74) is -2.91. The van der Waals surface area contributed by atoms with E-state index in [4.69, 9.17) is 37.9 Å². The van der Waals surface area contributed by atoms with Gasteiger partial charge in [-0.2, -0.15) is 0 Å². The molecule has 78 heavy (non-hydrogen) atoms. The maximum absolute atomic E-state index is 15.6. The molecule has 0 amide bonds. The number of esters is 1. The lowest BCUT2D eigenvalue weighted by Crippen LogP contribution is -2.69. The summed E-state index contributed by atoms with van der Waals surface area (Å²) in [6.07, 6.45) is -28.4. The van der Waals surface area contributed by atoms with Crippen molar-refractivity contribution in [2.75, 3.05) is 26.4 Å².